The van der Waals surface area contributed by atoms with E-state index < -0.39 is 5.43 Å². The maximum Gasteiger partial charge on any atom is 0.239 e. The van der Waals surface area contributed by atoms with Crippen LogP contribution in [0.15, 0.2) is 45.1 Å². The van der Waals surface area contributed by atoms with Crippen LogP contribution in [-0.4, -0.2) is 31.5 Å². The van der Waals surface area contributed by atoms with Crippen LogP contribution in [0.2, 0.25) is 0 Å². The summed E-state index contributed by atoms with van der Waals surface area (Å²) in [5, 5.41) is 20.4. The fraction of sp³-hybridized carbons (Fsp3) is 0.261. The first-order chi connectivity index (χ1) is 14.3. The third-order valence-electron chi connectivity index (χ3n) is 4.75. The van der Waals surface area contributed by atoms with Gasteiger partial charge in [-0.1, -0.05) is 11.6 Å². The van der Waals surface area contributed by atoms with Crippen molar-refractivity contribution >= 4 is 11.0 Å². The summed E-state index contributed by atoms with van der Waals surface area (Å²) < 4.78 is 22.1. The van der Waals surface area contributed by atoms with E-state index in [1.807, 2.05) is 19.9 Å². The highest BCUT2D eigenvalue weighted by Gasteiger charge is 2.24. The topological polar surface area (TPSA) is 98.4 Å². The van der Waals surface area contributed by atoms with Crippen LogP contribution in [0.1, 0.15) is 19.4 Å². The molecule has 0 radical (unpaired) electrons. The Morgan fingerprint density at radius 1 is 1.00 bits per heavy atom. The molecular formula is C23H24O7. The molecule has 1 aromatic heterocycles. The molecule has 0 unspecified atom stereocenters. The molecule has 0 bridgehead atoms. The van der Waals surface area contributed by atoms with E-state index in [0.717, 1.165) is 5.57 Å². The summed E-state index contributed by atoms with van der Waals surface area (Å²) >= 11 is 0. The van der Waals surface area contributed by atoms with Crippen LogP contribution in [0.4, 0.5) is 0 Å². The number of ether oxygens (including phenoxy) is 3. The van der Waals surface area contributed by atoms with E-state index in [0.29, 0.717) is 23.3 Å². The van der Waals surface area contributed by atoms with Crippen LogP contribution >= 0.6 is 0 Å². The number of phenols is 2. The summed E-state index contributed by atoms with van der Waals surface area (Å²) in [5.41, 5.74) is 1.86. The van der Waals surface area contributed by atoms with Crippen molar-refractivity contribution in [1.82, 2.24) is 0 Å². The van der Waals surface area contributed by atoms with Crippen molar-refractivity contribution in [3.8, 4) is 40.1 Å². The first-order valence-corrected chi connectivity index (χ1v) is 9.26. The lowest BCUT2D eigenvalue weighted by molar-refractivity contribution is 0.373. The maximum atomic E-state index is 13.2. The second-order valence-electron chi connectivity index (χ2n) is 6.95. The zero-order chi connectivity index (χ0) is 22.0. The number of methoxy groups -OCH3 is 3. The Hall–Kier alpha value is -3.61. The molecule has 0 spiro atoms. The van der Waals surface area contributed by atoms with Gasteiger partial charge < -0.3 is 28.8 Å². The monoisotopic (exact) mass is 412 g/mol. The lowest BCUT2D eigenvalue weighted by Gasteiger charge is -2.15. The number of phenolic OH excluding ortho intramolecular Hbond substituents is 2. The molecular weight excluding hydrogens is 388 g/mol. The Bertz CT molecular complexity index is 1180. The quantitative estimate of drug-likeness (QED) is 0.579. The van der Waals surface area contributed by atoms with Crippen molar-refractivity contribution in [1.29, 1.82) is 0 Å². The minimum absolute atomic E-state index is 0.0132. The first kappa shape index (κ1) is 21.1. The Labute approximate surface area is 173 Å². The predicted octanol–water partition coefficient (Wildman–Crippen LogP) is 4.41. The molecule has 0 fully saturated rings. The smallest absolute Gasteiger partial charge is 0.239 e. The van der Waals surface area contributed by atoms with Gasteiger partial charge in [0, 0.05) is 17.2 Å². The summed E-state index contributed by atoms with van der Waals surface area (Å²) in [6, 6.07) is 5.96. The second-order valence-corrected chi connectivity index (χ2v) is 6.95. The molecule has 2 aromatic carbocycles. The molecule has 0 saturated heterocycles. The van der Waals surface area contributed by atoms with Gasteiger partial charge >= 0.3 is 0 Å². The minimum Gasteiger partial charge on any atom is -0.507 e. The average Bonchev–Trinajstić information content (AvgIpc) is 2.72. The number of hydrogen-bond acceptors (Lipinski definition) is 7. The summed E-state index contributed by atoms with van der Waals surface area (Å²) in [7, 11) is 4.26. The fourth-order valence-electron chi connectivity index (χ4n) is 3.24. The van der Waals surface area contributed by atoms with Gasteiger partial charge in [0.2, 0.25) is 11.2 Å². The van der Waals surface area contributed by atoms with E-state index in [1.54, 1.807) is 6.07 Å². The summed E-state index contributed by atoms with van der Waals surface area (Å²) in [6.45, 7) is 3.92. The molecule has 7 nitrogen and oxygen atoms in total. The van der Waals surface area contributed by atoms with Crippen LogP contribution in [0.5, 0.6) is 28.7 Å². The van der Waals surface area contributed by atoms with Crippen LogP contribution < -0.4 is 19.6 Å². The number of hydrogen-bond donors (Lipinski definition) is 2. The number of rotatable bonds is 6. The predicted molar refractivity (Wildman–Crippen MR) is 114 cm³/mol. The van der Waals surface area contributed by atoms with Gasteiger partial charge in [-0.25, -0.2) is 0 Å². The summed E-state index contributed by atoms with van der Waals surface area (Å²) in [5.74, 6) is 0.399. The Kier molecular flexibility index (Phi) is 5.91. The van der Waals surface area contributed by atoms with Crippen molar-refractivity contribution in [2.45, 2.75) is 20.3 Å². The molecule has 3 aromatic rings. The highest BCUT2D eigenvalue weighted by molar-refractivity contribution is 5.91. The van der Waals surface area contributed by atoms with Crippen LogP contribution in [-0.2, 0) is 6.42 Å². The molecule has 7 heteroatoms. The van der Waals surface area contributed by atoms with Crippen molar-refractivity contribution in [3.05, 3.63) is 51.7 Å². The Morgan fingerprint density at radius 2 is 1.70 bits per heavy atom. The molecule has 0 amide bonds. The van der Waals surface area contributed by atoms with E-state index in [1.165, 1.54) is 39.5 Å². The van der Waals surface area contributed by atoms with Gasteiger partial charge in [-0.15, -0.1) is 0 Å². The first-order valence-electron chi connectivity index (χ1n) is 9.26. The zero-order valence-corrected chi connectivity index (χ0v) is 17.5. The molecule has 2 N–H and O–H groups in total. The van der Waals surface area contributed by atoms with Crippen LogP contribution in [0, 0.1) is 0 Å². The van der Waals surface area contributed by atoms with Gasteiger partial charge in [-0.3, -0.25) is 4.79 Å². The minimum atomic E-state index is -0.514. The lowest BCUT2D eigenvalue weighted by Crippen LogP contribution is -2.09. The molecule has 0 aliphatic heterocycles. The standard InChI is InChI=1S/C23H24O7/c1-12(2)6-8-14-17(27-3)11-16(25)19-20(26)23(29-5)21(30-22(14)19)13-7-9-15(24)18(10-13)28-4/h6-7,9-11,24-25H,8H2,1-5H3. The van der Waals surface area contributed by atoms with Gasteiger partial charge in [0.1, 0.15) is 22.5 Å². The van der Waals surface area contributed by atoms with Gasteiger partial charge in [-0.2, -0.15) is 0 Å². The highest BCUT2D eigenvalue weighted by Crippen LogP contribution is 2.41. The van der Waals surface area contributed by atoms with Crippen molar-refractivity contribution in [3.63, 3.8) is 0 Å². The van der Waals surface area contributed by atoms with Gasteiger partial charge in [0.05, 0.1) is 21.3 Å². The number of allylic oxidation sites excluding steroid dienone is 2. The Balaban J connectivity index is 2.43. The molecule has 0 saturated carbocycles. The largest absolute Gasteiger partial charge is 0.507 e. The van der Waals surface area contributed by atoms with E-state index in [2.05, 4.69) is 0 Å². The van der Waals surface area contributed by atoms with Crippen LogP contribution in [0.3, 0.4) is 0 Å². The maximum absolute atomic E-state index is 13.2. The number of fused-ring (bicyclic) bond motifs is 1. The van der Waals surface area contributed by atoms with E-state index >= 15 is 0 Å². The van der Waals surface area contributed by atoms with Crippen LogP contribution in [0.25, 0.3) is 22.3 Å². The van der Waals surface area contributed by atoms with E-state index in [-0.39, 0.29) is 39.7 Å². The molecule has 3 rings (SSSR count). The SMILES string of the molecule is COc1cc(-c2oc3c(CC=C(C)C)c(OC)cc(O)c3c(=O)c2OC)ccc1O. The average molecular weight is 412 g/mol. The molecule has 30 heavy (non-hydrogen) atoms. The third-order valence-corrected chi connectivity index (χ3v) is 4.75. The fourth-order valence-corrected chi connectivity index (χ4v) is 3.24. The van der Waals surface area contributed by atoms with Gasteiger partial charge in [0.15, 0.2) is 17.3 Å². The summed E-state index contributed by atoms with van der Waals surface area (Å²) in [6.07, 6.45) is 2.41. The zero-order valence-electron chi connectivity index (χ0n) is 17.5. The third kappa shape index (κ3) is 3.66. The van der Waals surface area contributed by atoms with Gasteiger partial charge in [-0.05, 0) is 38.5 Å². The molecule has 158 valence electrons. The molecule has 0 aliphatic rings. The van der Waals surface area contributed by atoms with Crippen molar-refractivity contribution < 1.29 is 28.8 Å². The number of aromatic hydroxyl groups is 2. The van der Waals surface area contributed by atoms with Gasteiger partial charge in [0.25, 0.3) is 0 Å². The molecule has 0 aliphatic carbocycles. The molecule has 1 heterocycles. The van der Waals surface area contributed by atoms with Crippen molar-refractivity contribution in [2.24, 2.45) is 0 Å². The second kappa shape index (κ2) is 8.41. The molecule has 0 atom stereocenters. The summed E-state index contributed by atoms with van der Waals surface area (Å²) in [4.78, 5) is 13.2. The van der Waals surface area contributed by atoms with E-state index in [9.17, 15) is 15.0 Å². The number of benzene rings is 2. The highest BCUT2D eigenvalue weighted by atomic mass is 16.5. The van der Waals surface area contributed by atoms with Crippen molar-refractivity contribution in [2.75, 3.05) is 21.3 Å². The Morgan fingerprint density at radius 3 is 2.30 bits per heavy atom. The van der Waals surface area contributed by atoms with E-state index in [4.69, 9.17) is 18.6 Å². The normalized spacial score (nSPS) is 10.7. The lowest BCUT2D eigenvalue weighted by atomic mass is 10.0.